The summed E-state index contributed by atoms with van der Waals surface area (Å²) in [4.78, 5) is 32.4. The van der Waals surface area contributed by atoms with Gasteiger partial charge in [0, 0.05) is 56.1 Å². The number of morpholine rings is 1. The zero-order valence-corrected chi connectivity index (χ0v) is 20.4. The Kier molecular flexibility index (Phi) is 7.49. The van der Waals surface area contributed by atoms with Crippen LogP contribution in [-0.4, -0.2) is 75.6 Å². The summed E-state index contributed by atoms with van der Waals surface area (Å²) >= 11 is 0. The number of aromatic nitrogens is 5. The lowest BCUT2D eigenvalue weighted by Gasteiger charge is -2.28. The van der Waals surface area contributed by atoms with Crippen molar-refractivity contribution < 1.29 is 19.5 Å². The highest BCUT2D eigenvalue weighted by molar-refractivity contribution is 5.93. The number of rotatable bonds is 9. The molecule has 1 aliphatic rings. The second-order valence-corrected chi connectivity index (χ2v) is 8.48. The van der Waals surface area contributed by atoms with Gasteiger partial charge < -0.3 is 24.3 Å². The average molecular weight is 505 g/mol. The fraction of sp³-hybridized carbons (Fsp3) is 0.320. The molecule has 1 saturated heterocycles. The molecule has 0 bridgehead atoms. The lowest BCUT2D eigenvalue weighted by Crippen LogP contribution is -2.37. The van der Waals surface area contributed by atoms with Crippen LogP contribution in [0.2, 0.25) is 0 Å². The molecule has 0 aliphatic carbocycles. The van der Waals surface area contributed by atoms with E-state index in [0.717, 1.165) is 41.2 Å². The molecule has 0 atom stereocenters. The minimum absolute atomic E-state index is 0.398. The summed E-state index contributed by atoms with van der Waals surface area (Å²) in [5.41, 5.74) is 5.36. The number of ether oxygens (including phenoxy) is 2. The van der Waals surface area contributed by atoms with Gasteiger partial charge in [-0.05, 0) is 23.8 Å². The van der Waals surface area contributed by atoms with Gasteiger partial charge in [0.25, 0.3) is 5.91 Å². The standard InChI is InChI=1S/C25H28N8O4/c1-36-20-7-6-19(15-27-20)22-29-23(32-10-12-37-13-11-32)21-24(30-22)33(16-28-21)9-8-26-14-17-2-4-18(5-3-17)25(34)31-35/h2-7,15-16,26,35H,8-14H2,1H3,(H,31,34). The smallest absolute Gasteiger partial charge is 0.274 e. The molecule has 4 aromatic rings. The van der Waals surface area contributed by atoms with Crippen molar-refractivity contribution in [2.24, 2.45) is 0 Å². The summed E-state index contributed by atoms with van der Waals surface area (Å²) in [6.07, 6.45) is 3.50. The molecule has 3 aromatic heterocycles. The molecule has 0 spiro atoms. The summed E-state index contributed by atoms with van der Waals surface area (Å²) in [5.74, 6) is 1.36. The molecule has 0 saturated carbocycles. The number of hydrogen-bond donors (Lipinski definition) is 3. The molecule has 3 N–H and O–H groups in total. The first kappa shape index (κ1) is 24.6. The van der Waals surface area contributed by atoms with Crippen LogP contribution in [0.25, 0.3) is 22.6 Å². The third kappa shape index (κ3) is 5.50. The van der Waals surface area contributed by atoms with Gasteiger partial charge in [0.2, 0.25) is 5.88 Å². The molecule has 37 heavy (non-hydrogen) atoms. The number of anilines is 1. The maximum atomic E-state index is 11.5. The van der Waals surface area contributed by atoms with Gasteiger partial charge in [-0.1, -0.05) is 12.1 Å². The van der Waals surface area contributed by atoms with E-state index in [-0.39, 0.29) is 0 Å². The number of nitrogens with zero attached hydrogens (tertiary/aromatic N) is 6. The molecule has 1 aliphatic heterocycles. The summed E-state index contributed by atoms with van der Waals surface area (Å²) in [5, 5.41) is 12.2. The van der Waals surface area contributed by atoms with Crippen LogP contribution in [-0.2, 0) is 17.8 Å². The number of methoxy groups -OCH3 is 1. The number of nitrogens with one attached hydrogen (secondary N) is 2. The van der Waals surface area contributed by atoms with E-state index in [4.69, 9.17) is 24.6 Å². The number of pyridine rings is 1. The first-order valence-electron chi connectivity index (χ1n) is 12.0. The van der Waals surface area contributed by atoms with Gasteiger partial charge in [-0.15, -0.1) is 0 Å². The van der Waals surface area contributed by atoms with E-state index >= 15 is 0 Å². The van der Waals surface area contributed by atoms with Gasteiger partial charge in [-0.25, -0.2) is 25.4 Å². The molecule has 192 valence electrons. The maximum Gasteiger partial charge on any atom is 0.274 e. The Morgan fingerprint density at radius 2 is 1.92 bits per heavy atom. The molecule has 12 heteroatoms. The second kappa shape index (κ2) is 11.3. The Balaban J connectivity index is 1.34. The Morgan fingerprint density at radius 1 is 1.11 bits per heavy atom. The van der Waals surface area contributed by atoms with Crippen molar-refractivity contribution >= 4 is 22.9 Å². The predicted molar refractivity (Wildman–Crippen MR) is 136 cm³/mol. The Morgan fingerprint density at radius 3 is 2.62 bits per heavy atom. The van der Waals surface area contributed by atoms with Gasteiger partial charge in [-0.3, -0.25) is 10.0 Å². The summed E-state index contributed by atoms with van der Waals surface area (Å²) < 4.78 is 12.7. The molecule has 4 heterocycles. The van der Waals surface area contributed by atoms with Gasteiger partial charge >= 0.3 is 0 Å². The van der Waals surface area contributed by atoms with E-state index in [1.165, 1.54) is 0 Å². The van der Waals surface area contributed by atoms with E-state index in [0.29, 0.717) is 50.1 Å². The lowest BCUT2D eigenvalue weighted by atomic mass is 10.1. The van der Waals surface area contributed by atoms with Crippen LogP contribution in [0, 0.1) is 0 Å². The van der Waals surface area contributed by atoms with Gasteiger partial charge in [0.1, 0.15) is 0 Å². The van der Waals surface area contributed by atoms with Crippen LogP contribution in [0.3, 0.4) is 0 Å². The second-order valence-electron chi connectivity index (χ2n) is 8.48. The van der Waals surface area contributed by atoms with Crippen molar-refractivity contribution in [3.63, 3.8) is 0 Å². The van der Waals surface area contributed by atoms with E-state index in [1.807, 2.05) is 22.8 Å². The summed E-state index contributed by atoms with van der Waals surface area (Å²) in [6, 6.07) is 10.7. The highest BCUT2D eigenvalue weighted by Gasteiger charge is 2.21. The van der Waals surface area contributed by atoms with Crippen LogP contribution in [0.4, 0.5) is 5.82 Å². The topological polar surface area (TPSA) is 140 Å². The average Bonchev–Trinajstić information content (AvgIpc) is 3.38. The molecule has 1 aromatic carbocycles. The van der Waals surface area contributed by atoms with Crippen molar-refractivity contribution in [1.82, 2.24) is 35.3 Å². The number of amides is 1. The van der Waals surface area contributed by atoms with Gasteiger partial charge in [-0.2, -0.15) is 0 Å². The molecule has 0 radical (unpaired) electrons. The Labute approximate surface area is 213 Å². The normalized spacial score (nSPS) is 13.6. The van der Waals surface area contributed by atoms with Gasteiger partial charge in [0.05, 0.1) is 26.7 Å². The van der Waals surface area contributed by atoms with E-state index in [9.17, 15) is 4.79 Å². The van der Waals surface area contributed by atoms with Crippen LogP contribution in [0.1, 0.15) is 15.9 Å². The zero-order valence-electron chi connectivity index (χ0n) is 20.4. The third-order valence-electron chi connectivity index (χ3n) is 6.14. The Bertz CT molecular complexity index is 1350. The predicted octanol–water partition coefficient (Wildman–Crippen LogP) is 1.64. The maximum absolute atomic E-state index is 11.5. The monoisotopic (exact) mass is 504 g/mol. The fourth-order valence-electron chi connectivity index (χ4n) is 4.12. The molecule has 1 amide bonds. The fourth-order valence-corrected chi connectivity index (χ4v) is 4.12. The van der Waals surface area contributed by atoms with E-state index in [2.05, 4.69) is 20.2 Å². The highest BCUT2D eigenvalue weighted by atomic mass is 16.5. The summed E-state index contributed by atoms with van der Waals surface area (Å²) in [6.45, 7) is 4.72. The van der Waals surface area contributed by atoms with Crippen molar-refractivity contribution in [3.8, 4) is 17.3 Å². The summed E-state index contributed by atoms with van der Waals surface area (Å²) in [7, 11) is 1.58. The SMILES string of the molecule is COc1ccc(-c2nc(N3CCOCC3)c3ncn(CCNCc4ccc(C(=O)NO)cc4)c3n2)cn1. The molecule has 12 nitrogen and oxygen atoms in total. The quantitative estimate of drug-likeness (QED) is 0.175. The third-order valence-corrected chi connectivity index (χ3v) is 6.14. The molecular formula is C25H28N8O4. The number of hydrogen-bond acceptors (Lipinski definition) is 10. The van der Waals surface area contributed by atoms with Crippen LogP contribution >= 0.6 is 0 Å². The Hall–Kier alpha value is -4.13. The molecule has 1 fully saturated rings. The largest absolute Gasteiger partial charge is 0.481 e. The molecular weight excluding hydrogens is 476 g/mol. The van der Waals surface area contributed by atoms with Crippen molar-refractivity contribution in [3.05, 3.63) is 60.0 Å². The first-order chi connectivity index (χ1) is 18.2. The number of hydroxylamine groups is 1. The highest BCUT2D eigenvalue weighted by Crippen LogP contribution is 2.27. The van der Waals surface area contributed by atoms with E-state index in [1.54, 1.807) is 43.3 Å². The number of carbonyl (C=O) groups is 1. The lowest BCUT2D eigenvalue weighted by molar-refractivity contribution is 0.0706. The minimum Gasteiger partial charge on any atom is -0.481 e. The van der Waals surface area contributed by atoms with Crippen LogP contribution < -0.4 is 20.4 Å². The number of fused-ring (bicyclic) bond motifs is 1. The van der Waals surface area contributed by atoms with Crippen LogP contribution in [0.5, 0.6) is 5.88 Å². The van der Waals surface area contributed by atoms with Crippen molar-refractivity contribution in [1.29, 1.82) is 0 Å². The minimum atomic E-state index is -0.533. The number of carbonyl (C=O) groups excluding carboxylic acids is 1. The van der Waals surface area contributed by atoms with Crippen molar-refractivity contribution in [2.45, 2.75) is 13.1 Å². The number of imidazole rings is 1. The van der Waals surface area contributed by atoms with Gasteiger partial charge in [0.15, 0.2) is 22.8 Å². The molecule has 5 rings (SSSR count). The van der Waals surface area contributed by atoms with Crippen molar-refractivity contribution in [2.75, 3.05) is 44.9 Å². The molecule has 0 unspecified atom stereocenters. The first-order valence-corrected chi connectivity index (χ1v) is 12.0. The number of benzene rings is 1. The van der Waals surface area contributed by atoms with Crippen LogP contribution in [0.15, 0.2) is 48.9 Å². The van der Waals surface area contributed by atoms with E-state index < -0.39 is 5.91 Å². The zero-order chi connectivity index (χ0) is 25.6.